The van der Waals surface area contributed by atoms with E-state index >= 15 is 0 Å². The van der Waals surface area contributed by atoms with Crippen LogP contribution in [0.1, 0.15) is 20.3 Å². The smallest absolute Gasteiger partial charge is 0.307 e. The van der Waals surface area contributed by atoms with Gasteiger partial charge in [0.15, 0.2) is 0 Å². The van der Waals surface area contributed by atoms with Crippen molar-refractivity contribution in [1.29, 1.82) is 0 Å². The number of hydrogen-bond donors (Lipinski definition) is 0. The first-order valence-corrected chi connectivity index (χ1v) is 4.31. The zero-order valence-electron chi connectivity index (χ0n) is 8.15. The number of allylic oxidation sites excluding steroid dienone is 2. The van der Waals surface area contributed by atoms with Crippen molar-refractivity contribution in [2.45, 2.75) is 26.4 Å². The van der Waals surface area contributed by atoms with Gasteiger partial charge in [-0.05, 0) is 12.2 Å². The summed E-state index contributed by atoms with van der Waals surface area (Å²) in [7, 11) is 0. The summed E-state index contributed by atoms with van der Waals surface area (Å²) in [5, 5.41) is 0. The standard InChI is InChI=1S/C10H12O4/c1-7(11)13-9-4-3-5-10(6-9)14-8(2)12/h3-5,9H,6H2,1-2H3. The molecule has 0 amide bonds. The van der Waals surface area contributed by atoms with Crippen molar-refractivity contribution in [3.05, 3.63) is 24.0 Å². The topological polar surface area (TPSA) is 52.6 Å². The molecule has 0 saturated carbocycles. The van der Waals surface area contributed by atoms with Crippen LogP contribution in [0, 0.1) is 0 Å². The van der Waals surface area contributed by atoms with E-state index in [0.29, 0.717) is 12.2 Å². The molecule has 0 aromatic rings. The Morgan fingerprint density at radius 3 is 2.64 bits per heavy atom. The molecule has 0 saturated heterocycles. The first kappa shape index (κ1) is 10.5. The summed E-state index contributed by atoms with van der Waals surface area (Å²) in [5.41, 5.74) is 0. The normalized spacial score (nSPS) is 19.9. The Kier molecular flexibility index (Phi) is 3.45. The van der Waals surface area contributed by atoms with Crippen LogP contribution in [0.25, 0.3) is 0 Å². The molecule has 1 atom stereocenters. The van der Waals surface area contributed by atoms with E-state index in [1.165, 1.54) is 13.8 Å². The summed E-state index contributed by atoms with van der Waals surface area (Å²) >= 11 is 0. The number of ether oxygens (including phenoxy) is 2. The van der Waals surface area contributed by atoms with E-state index in [-0.39, 0.29) is 18.0 Å². The summed E-state index contributed by atoms with van der Waals surface area (Å²) in [6.07, 6.45) is 5.22. The van der Waals surface area contributed by atoms with E-state index in [9.17, 15) is 9.59 Å². The molecule has 14 heavy (non-hydrogen) atoms. The van der Waals surface area contributed by atoms with Crippen LogP contribution < -0.4 is 0 Å². The van der Waals surface area contributed by atoms with Crippen molar-refractivity contribution in [2.24, 2.45) is 0 Å². The Bertz CT molecular complexity index is 301. The lowest BCUT2D eigenvalue weighted by Crippen LogP contribution is -2.17. The summed E-state index contributed by atoms with van der Waals surface area (Å²) in [4.78, 5) is 21.3. The third-order valence-electron chi connectivity index (χ3n) is 1.60. The molecule has 4 nitrogen and oxygen atoms in total. The maximum atomic E-state index is 10.7. The molecule has 1 aliphatic rings. The van der Waals surface area contributed by atoms with Crippen LogP contribution in [0.4, 0.5) is 0 Å². The lowest BCUT2D eigenvalue weighted by molar-refractivity contribution is -0.144. The number of esters is 2. The SMILES string of the molecule is CC(=O)OC1=CC=CC(OC(C)=O)C1. The molecule has 1 rings (SSSR count). The van der Waals surface area contributed by atoms with Crippen LogP contribution in [0.2, 0.25) is 0 Å². The van der Waals surface area contributed by atoms with Crippen molar-refractivity contribution in [1.82, 2.24) is 0 Å². The van der Waals surface area contributed by atoms with Gasteiger partial charge in [-0.15, -0.1) is 0 Å². The summed E-state index contributed by atoms with van der Waals surface area (Å²) in [5.74, 6) is -0.192. The van der Waals surface area contributed by atoms with Gasteiger partial charge in [0.1, 0.15) is 11.9 Å². The molecule has 0 bridgehead atoms. The summed E-state index contributed by atoms with van der Waals surface area (Å²) < 4.78 is 9.83. The molecule has 0 N–H and O–H groups in total. The van der Waals surface area contributed by atoms with Crippen LogP contribution in [0.5, 0.6) is 0 Å². The van der Waals surface area contributed by atoms with Gasteiger partial charge in [0.05, 0.1) is 0 Å². The number of rotatable bonds is 2. The van der Waals surface area contributed by atoms with Gasteiger partial charge in [-0.3, -0.25) is 9.59 Å². The fourth-order valence-corrected chi connectivity index (χ4v) is 1.18. The lowest BCUT2D eigenvalue weighted by Gasteiger charge is -2.17. The van der Waals surface area contributed by atoms with Gasteiger partial charge in [-0.1, -0.05) is 6.08 Å². The molecule has 1 aliphatic carbocycles. The quantitative estimate of drug-likeness (QED) is 0.625. The summed E-state index contributed by atoms with van der Waals surface area (Å²) in [6, 6.07) is 0. The molecular formula is C10H12O4. The Morgan fingerprint density at radius 1 is 1.36 bits per heavy atom. The minimum atomic E-state index is -0.367. The van der Waals surface area contributed by atoms with Crippen LogP contribution >= 0.6 is 0 Å². The Labute approximate surface area is 82.2 Å². The van der Waals surface area contributed by atoms with E-state index in [0.717, 1.165) is 0 Å². The average molecular weight is 196 g/mol. The maximum absolute atomic E-state index is 10.7. The van der Waals surface area contributed by atoms with Crippen LogP contribution in [0.3, 0.4) is 0 Å². The van der Waals surface area contributed by atoms with Gasteiger partial charge >= 0.3 is 11.9 Å². The molecule has 4 heteroatoms. The molecule has 76 valence electrons. The fraction of sp³-hybridized carbons (Fsp3) is 0.400. The first-order valence-electron chi connectivity index (χ1n) is 4.31. The van der Waals surface area contributed by atoms with Crippen molar-refractivity contribution >= 4 is 11.9 Å². The molecular weight excluding hydrogens is 184 g/mol. The van der Waals surface area contributed by atoms with Gasteiger partial charge in [0.2, 0.25) is 0 Å². The lowest BCUT2D eigenvalue weighted by atomic mass is 10.1. The monoisotopic (exact) mass is 196 g/mol. The van der Waals surface area contributed by atoms with Gasteiger partial charge in [-0.25, -0.2) is 0 Å². The first-order chi connectivity index (χ1) is 6.58. The minimum absolute atomic E-state index is 0.327. The third-order valence-corrected chi connectivity index (χ3v) is 1.60. The van der Waals surface area contributed by atoms with Crippen molar-refractivity contribution < 1.29 is 19.1 Å². The Hall–Kier alpha value is -1.58. The third kappa shape index (κ3) is 3.43. The van der Waals surface area contributed by atoms with Crippen LogP contribution in [0.15, 0.2) is 24.0 Å². The van der Waals surface area contributed by atoms with Crippen LogP contribution in [-0.2, 0) is 19.1 Å². The molecule has 0 radical (unpaired) electrons. The van der Waals surface area contributed by atoms with Crippen LogP contribution in [-0.4, -0.2) is 18.0 Å². The molecule has 1 unspecified atom stereocenters. The second-order valence-electron chi connectivity index (χ2n) is 2.96. The molecule has 0 aromatic heterocycles. The number of carbonyl (C=O) groups is 2. The average Bonchev–Trinajstić information content (AvgIpc) is 2.01. The second-order valence-corrected chi connectivity index (χ2v) is 2.96. The zero-order valence-corrected chi connectivity index (χ0v) is 8.15. The Morgan fingerprint density at radius 2 is 2.07 bits per heavy atom. The molecule has 0 fully saturated rings. The molecule has 0 heterocycles. The van der Waals surface area contributed by atoms with Crippen molar-refractivity contribution in [2.75, 3.05) is 0 Å². The predicted molar refractivity (Wildman–Crippen MR) is 49.2 cm³/mol. The minimum Gasteiger partial charge on any atom is -0.458 e. The highest BCUT2D eigenvalue weighted by Gasteiger charge is 2.15. The zero-order chi connectivity index (χ0) is 10.6. The van der Waals surface area contributed by atoms with Gasteiger partial charge < -0.3 is 9.47 Å². The number of hydrogen-bond acceptors (Lipinski definition) is 4. The molecule has 0 aromatic carbocycles. The van der Waals surface area contributed by atoms with E-state index in [4.69, 9.17) is 9.47 Å². The predicted octanol–water partition coefficient (Wildman–Crippen LogP) is 1.32. The Balaban J connectivity index is 2.50. The highest BCUT2D eigenvalue weighted by molar-refractivity contribution is 5.68. The highest BCUT2D eigenvalue weighted by Crippen LogP contribution is 2.16. The van der Waals surface area contributed by atoms with E-state index < -0.39 is 0 Å². The van der Waals surface area contributed by atoms with E-state index in [1.54, 1.807) is 18.2 Å². The van der Waals surface area contributed by atoms with E-state index in [1.807, 2.05) is 0 Å². The fourth-order valence-electron chi connectivity index (χ4n) is 1.18. The van der Waals surface area contributed by atoms with Gasteiger partial charge in [0.25, 0.3) is 0 Å². The number of carbonyl (C=O) groups excluding carboxylic acids is 2. The molecule has 0 spiro atoms. The maximum Gasteiger partial charge on any atom is 0.307 e. The highest BCUT2D eigenvalue weighted by atomic mass is 16.6. The van der Waals surface area contributed by atoms with Gasteiger partial charge in [0, 0.05) is 20.3 Å². The van der Waals surface area contributed by atoms with E-state index in [2.05, 4.69) is 0 Å². The van der Waals surface area contributed by atoms with Crippen molar-refractivity contribution in [3.8, 4) is 0 Å². The van der Waals surface area contributed by atoms with Gasteiger partial charge in [-0.2, -0.15) is 0 Å². The summed E-state index contributed by atoms with van der Waals surface area (Å²) in [6.45, 7) is 2.68. The van der Waals surface area contributed by atoms with Crippen molar-refractivity contribution in [3.63, 3.8) is 0 Å². The molecule has 0 aliphatic heterocycles. The largest absolute Gasteiger partial charge is 0.458 e. The second kappa shape index (κ2) is 4.60.